The summed E-state index contributed by atoms with van der Waals surface area (Å²) in [6, 6.07) is 0. The Morgan fingerprint density at radius 2 is 0.882 bits per heavy atom. The Bertz CT molecular complexity index is 141. The molecule has 0 aromatic rings. The molecule has 104 valence electrons. The molecule has 0 aliphatic carbocycles. The first-order valence-electron chi connectivity index (χ1n) is 3.06. The number of hydrogen-bond acceptors (Lipinski definition) is 6. The molecule has 0 saturated heterocycles. The smallest absolute Gasteiger partial charge is 0.547 e. The van der Waals surface area contributed by atoms with Crippen LogP contribution in [0.5, 0.6) is 0 Å². The summed E-state index contributed by atoms with van der Waals surface area (Å²) >= 11 is 0. The summed E-state index contributed by atoms with van der Waals surface area (Å²) in [5, 5.41) is 34.6. The van der Waals surface area contributed by atoms with Crippen molar-refractivity contribution in [2.45, 2.75) is 26.1 Å². The van der Waals surface area contributed by atoms with Crippen LogP contribution in [0.4, 0.5) is 0 Å². The molecule has 10 N–H and O–H groups in total. The van der Waals surface area contributed by atoms with Crippen LogP contribution in [0.3, 0.4) is 0 Å². The first-order valence-corrected chi connectivity index (χ1v) is 3.06. The van der Waals surface area contributed by atoms with Crippen molar-refractivity contribution in [3.05, 3.63) is 0 Å². The largest absolute Gasteiger partial charge is 2.00 e. The molecule has 0 amide bonds. The first-order chi connectivity index (χ1) is 5.29. The maximum absolute atomic E-state index is 9.34. The van der Waals surface area contributed by atoms with Crippen molar-refractivity contribution in [2.75, 3.05) is 0 Å². The second kappa shape index (κ2) is 25.0. The molecule has 0 spiro atoms. The van der Waals surface area contributed by atoms with E-state index in [1.165, 1.54) is 0 Å². The number of aliphatic hydroxyl groups is 2. The van der Waals surface area contributed by atoms with E-state index in [-0.39, 0.29) is 59.6 Å². The third-order valence-electron chi connectivity index (χ3n) is 0.682. The molecule has 0 aliphatic rings. The number of carbonyl (C=O) groups excluding carboxylic acids is 2. The van der Waals surface area contributed by atoms with Crippen molar-refractivity contribution >= 4 is 49.7 Å². The van der Waals surface area contributed by atoms with Crippen LogP contribution in [0.2, 0.25) is 0 Å². The molecular formula is C6H18CaO10. The Morgan fingerprint density at radius 3 is 0.882 bits per heavy atom. The molecule has 0 fully saturated rings. The fourth-order valence-corrected chi connectivity index (χ4v) is 0. The Hall–Kier alpha value is -0.0403. The van der Waals surface area contributed by atoms with E-state index in [0.29, 0.717) is 0 Å². The Kier molecular flexibility index (Phi) is 64.0. The van der Waals surface area contributed by atoms with Crippen LogP contribution in [0.15, 0.2) is 0 Å². The van der Waals surface area contributed by atoms with Crippen LogP contribution in [0.1, 0.15) is 13.8 Å². The average molecular weight is 290 g/mol. The van der Waals surface area contributed by atoms with Crippen LogP contribution in [0, 0.1) is 0 Å². The molecule has 2 unspecified atom stereocenters. The topological polar surface area (TPSA) is 247 Å². The van der Waals surface area contributed by atoms with E-state index in [2.05, 4.69) is 0 Å². The molecule has 0 rings (SSSR count). The Morgan fingerprint density at radius 1 is 0.824 bits per heavy atom. The zero-order chi connectivity index (χ0) is 10.3. The van der Waals surface area contributed by atoms with Gasteiger partial charge >= 0.3 is 37.7 Å². The van der Waals surface area contributed by atoms with Gasteiger partial charge in [0.2, 0.25) is 0 Å². The van der Waals surface area contributed by atoms with E-state index >= 15 is 0 Å². The molecule has 0 bridgehead atoms. The minimum Gasteiger partial charge on any atom is -0.547 e. The fraction of sp³-hybridized carbons (Fsp3) is 0.667. The summed E-state index contributed by atoms with van der Waals surface area (Å²) < 4.78 is 0. The summed E-state index contributed by atoms with van der Waals surface area (Å²) in [6.45, 7) is 2.27. The van der Waals surface area contributed by atoms with E-state index in [1.807, 2.05) is 0 Å². The normalized spacial score (nSPS) is 9.65. The van der Waals surface area contributed by atoms with Gasteiger partial charge in [0.15, 0.2) is 0 Å². The number of carboxylic acid groups (broad SMARTS) is 2. The molecule has 17 heavy (non-hydrogen) atoms. The van der Waals surface area contributed by atoms with Crippen LogP contribution in [0.25, 0.3) is 0 Å². The maximum atomic E-state index is 9.34. The van der Waals surface area contributed by atoms with Gasteiger partial charge in [0, 0.05) is 0 Å². The Labute approximate surface area is 127 Å². The van der Waals surface area contributed by atoms with Crippen LogP contribution in [-0.2, 0) is 9.59 Å². The molecule has 0 aliphatic heterocycles. The SMILES string of the molecule is CC(O)C(=O)[O-].CC(O)C(=O)[O-].O.O.O.O.[Ca+2]. The van der Waals surface area contributed by atoms with Crippen LogP contribution >= 0.6 is 0 Å². The molecule has 0 radical (unpaired) electrons. The summed E-state index contributed by atoms with van der Waals surface area (Å²) in [4.78, 5) is 18.7. The van der Waals surface area contributed by atoms with E-state index < -0.39 is 24.1 Å². The van der Waals surface area contributed by atoms with E-state index in [4.69, 9.17) is 10.2 Å². The third kappa shape index (κ3) is 49.1. The van der Waals surface area contributed by atoms with Crippen molar-refractivity contribution < 1.29 is 51.9 Å². The second-order valence-corrected chi connectivity index (χ2v) is 1.99. The summed E-state index contributed by atoms with van der Waals surface area (Å²) in [7, 11) is 0. The molecule has 2 atom stereocenters. The van der Waals surface area contributed by atoms with E-state index in [0.717, 1.165) is 13.8 Å². The van der Waals surface area contributed by atoms with Gasteiger partial charge in [-0.25, -0.2) is 0 Å². The quantitative estimate of drug-likeness (QED) is 0.466. The van der Waals surface area contributed by atoms with Gasteiger partial charge < -0.3 is 51.9 Å². The summed E-state index contributed by atoms with van der Waals surface area (Å²) in [5.41, 5.74) is 0. The van der Waals surface area contributed by atoms with Crippen LogP contribution < -0.4 is 10.2 Å². The predicted octanol–water partition coefficient (Wildman–Crippen LogP) is -7.45. The van der Waals surface area contributed by atoms with Gasteiger partial charge in [-0.1, -0.05) is 0 Å². The van der Waals surface area contributed by atoms with Gasteiger partial charge in [-0.05, 0) is 13.8 Å². The second-order valence-electron chi connectivity index (χ2n) is 1.99. The standard InChI is InChI=1S/2C3H6O3.Ca.4H2O/c2*1-2(4)3(5)6;;;;;/h2*2,4H,1H3,(H,5,6);;4*1H2/q;;+2;;;;/p-2. The van der Waals surface area contributed by atoms with Gasteiger partial charge in [0.1, 0.15) is 0 Å². The molecule has 11 heteroatoms. The minimum atomic E-state index is -1.44. The molecule has 0 heterocycles. The number of rotatable bonds is 2. The maximum Gasteiger partial charge on any atom is 2.00 e. The van der Waals surface area contributed by atoms with Gasteiger partial charge in [0.05, 0.1) is 24.1 Å². The number of carbonyl (C=O) groups is 2. The van der Waals surface area contributed by atoms with Gasteiger partial charge in [-0.15, -0.1) is 0 Å². The Balaban J connectivity index is -0.0000000182. The summed E-state index contributed by atoms with van der Waals surface area (Å²) in [5.74, 6) is -2.87. The molecular weight excluding hydrogens is 272 g/mol. The number of hydrogen-bond donors (Lipinski definition) is 2. The van der Waals surface area contributed by atoms with Gasteiger partial charge in [-0.3, -0.25) is 0 Å². The number of aliphatic hydroxyl groups excluding tert-OH is 2. The zero-order valence-corrected chi connectivity index (χ0v) is 11.6. The minimum absolute atomic E-state index is 0. The van der Waals surface area contributed by atoms with Gasteiger partial charge in [-0.2, -0.15) is 0 Å². The molecule has 0 aromatic heterocycles. The van der Waals surface area contributed by atoms with Crippen molar-refractivity contribution in [1.82, 2.24) is 0 Å². The fourth-order valence-electron chi connectivity index (χ4n) is 0. The average Bonchev–Trinajstić information content (AvgIpc) is 1.88. The first kappa shape index (κ1) is 43.5. The van der Waals surface area contributed by atoms with Crippen LogP contribution in [-0.4, -0.2) is 94.0 Å². The molecule has 10 nitrogen and oxygen atoms in total. The zero-order valence-electron chi connectivity index (χ0n) is 9.39. The molecule has 0 aromatic carbocycles. The van der Waals surface area contributed by atoms with Crippen molar-refractivity contribution in [3.63, 3.8) is 0 Å². The number of aliphatic carboxylic acids is 2. The third-order valence-corrected chi connectivity index (χ3v) is 0.682. The van der Waals surface area contributed by atoms with Crippen molar-refractivity contribution in [2.24, 2.45) is 0 Å². The van der Waals surface area contributed by atoms with Gasteiger partial charge in [0.25, 0.3) is 0 Å². The van der Waals surface area contributed by atoms with E-state index in [9.17, 15) is 19.8 Å². The van der Waals surface area contributed by atoms with Crippen molar-refractivity contribution in [1.29, 1.82) is 0 Å². The monoisotopic (exact) mass is 290 g/mol. The van der Waals surface area contributed by atoms with E-state index in [1.54, 1.807) is 0 Å². The summed E-state index contributed by atoms with van der Waals surface area (Å²) in [6.07, 6.45) is -2.69. The molecule has 0 saturated carbocycles. The number of carboxylic acids is 2. The predicted molar refractivity (Wildman–Crippen MR) is 53.6 cm³/mol. The van der Waals surface area contributed by atoms with Crippen molar-refractivity contribution in [3.8, 4) is 0 Å².